The molecule has 21 heavy (non-hydrogen) atoms. The van der Waals surface area contributed by atoms with Gasteiger partial charge in [-0.05, 0) is 31.0 Å². The van der Waals surface area contributed by atoms with Gasteiger partial charge in [0.15, 0.2) is 11.5 Å². The molecule has 5 heteroatoms. The van der Waals surface area contributed by atoms with Crippen LogP contribution in [0.3, 0.4) is 0 Å². The summed E-state index contributed by atoms with van der Waals surface area (Å²) in [6.07, 6.45) is 7.05. The maximum Gasteiger partial charge on any atom is 0.251 e. The maximum absolute atomic E-state index is 12.1. The standard InChI is InChI=1S/C16H19NO4/c1-3-8-21-13-5-4-12(9-14(13)20-2)15(19)17-10-16(11-18)6-7-16/h1,4-5,9,18H,6-8,10-11H2,2H3,(H,17,19). The third-order valence-electron chi connectivity index (χ3n) is 3.65. The Morgan fingerprint density at radius 2 is 2.24 bits per heavy atom. The van der Waals surface area contributed by atoms with E-state index in [1.165, 1.54) is 7.11 Å². The molecule has 1 fully saturated rings. The molecule has 0 spiro atoms. The molecule has 1 amide bonds. The van der Waals surface area contributed by atoms with Gasteiger partial charge in [0, 0.05) is 17.5 Å². The molecular formula is C16H19NO4. The van der Waals surface area contributed by atoms with Gasteiger partial charge in [-0.2, -0.15) is 0 Å². The van der Waals surface area contributed by atoms with E-state index >= 15 is 0 Å². The minimum Gasteiger partial charge on any atom is -0.493 e. The zero-order valence-electron chi connectivity index (χ0n) is 12.0. The average Bonchev–Trinajstić information content (AvgIpc) is 3.31. The van der Waals surface area contributed by atoms with Crippen LogP contribution < -0.4 is 14.8 Å². The van der Waals surface area contributed by atoms with E-state index in [2.05, 4.69) is 11.2 Å². The lowest BCUT2D eigenvalue weighted by Crippen LogP contribution is -2.31. The molecule has 2 N–H and O–H groups in total. The first-order valence-corrected chi connectivity index (χ1v) is 6.77. The smallest absolute Gasteiger partial charge is 0.251 e. The lowest BCUT2D eigenvalue weighted by molar-refractivity contribution is 0.0935. The molecule has 1 aromatic carbocycles. The molecule has 5 nitrogen and oxygen atoms in total. The number of carbonyl (C=O) groups is 1. The fourth-order valence-corrected chi connectivity index (χ4v) is 1.98. The molecular weight excluding hydrogens is 270 g/mol. The maximum atomic E-state index is 12.1. The van der Waals surface area contributed by atoms with Gasteiger partial charge >= 0.3 is 0 Å². The highest BCUT2D eigenvalue weighted by Gasteiger charge is 2.42. The zero-order valence-corrected chi connectivity index (χ0v) is 12.0. The Hall–Kier alpha value is -2.19. The molecule has 1 aromatic rings. The number of aliphatic hydroxyl groups excluding tert-OH is 1. The normalized spacial score (nSPS) is 14.9. The Balaban J connectivity index is 2.02. The van der Waals surface area contributed by atoms with Crippen LogP contribution >= 0.6 is 0 Å². The van der Waals surface area contributed by atoms with E-state index in [1.807, 2.05) is 0 Å². The number of carbonyl (C=O) groups excluding carboxylic acids is 1. The number of amides is 1. The minimum absolute atomic E-state index is 0.107. The summed E-state index contributed by atoms with van der Waals surface area (Å²) >= 11 is 0. The van der Waals surface area contributed by atoms with Crippen molar-refractivity contribution in [3.8, 4) is 23.8 Å². The van der Waals surface area contributed by atoms with Gasteiger partial charge in [-0.25, -0.2) is 0 Å². The van der Waals surface area contributed by atoms with Crippen LogP contribution in [0.25, 0.3) is 0 Å². The predicted molar refractivity (Wildman–Crippen MR) is 78.4 cm³/mol. The third kappa shape index (κ3) is 3.67. The van der Waals surface area contributed by atoms with E-state index in [0.29, 0.717) is 23.6 Å². The van der Waals surface area contributed by atoms with Gasteiger partial charge in [-0.3, -0.25) is 4.79 Å². The monoisotopic (exact) mass is 289 g/mol. The van der Waals surface area contributed by atoms with Crippen LogP contribution in [0.4, 0.5) is 0 Å². The molecule has 2 rings (SSSR count). The van der Waals surface area contributed by atoms with Crippen LogP contribution in [0, 0.1) is 17.8 Å². The Morgan fingerprint density at radius 1 is 1.48 bits per heavy atom. The molecule has 0 unspecified atom stereocenters. The lowest BCUT2D eigenvalue weighted by Gasteiger charge is -2.14. The van der Waals surface area contributed by atoms with Gasteiger partial charge in [0.1, 0.15) is 6.61 Å². The first-order chi connectivity index (χ1) is 10.1. The summed E-state index contributed by atoms with van der Waals surface area (Å²) in [5.74, 6) is 3.14. The fourth-order valence-electron chi connectivity index (χ4n) is 1.98. The highest BCUT2D eigenvalue weighted by Crippen LogP contribution is 2.44. The highest BCUT2D eigenvalue weighted by molar-refractivity contribution is 5.94. The van der Waals surface area contributed by atoms with Crippen LogP contribution in [-0.2, 0) is 0 Å². The van der Waals surface area contributed by atoms with Crippen LogP contribution in [-0.4, -0.2) is 37.9 Å². The van der Waals surface area contributed by atoms with E-state index in [0.717, 1.165) is 12.8 Å². The first-order valence-electron chi connectivity index (χ1n) is 6.77. The number of hydrogen-bond donors (Lipinski definition) is 2. The molecule has 1 saturated carbocycles. The first kappa shape index (κ1) is 15.2. The van der Waals surface area contributed by atoms with Crippen LogP contribution in [0.1, 0.15) is 23.2 Å². The van der Waals surface area contributed by atoms with Gasteiger partial charge < -0.3 is 19.9 Å². The van der Waals surface area contributed by atoms with Crippen molar-refractivity contribution in [2.75, 3.05) is 26.9 Å². The molecule has 1 aliphatic carbocycles. The quantitative estimate of drug-likeness (QED) is 0.740. The van der Waals surface area contributed by atoms with Crippen molar-refractivity contribution in [3.63, 3.8) is 0 Å². The van der Waals surface area contributed by atoms with Gasteiger partial charge in [0.25, 0.3) is 5.91 Å². The fraction of sp³-hybridized carbons (Fsp3) is 0.438. The summed E-state index contributed by atoms with van der Waals surface area (Å²) in [6, 6.07) is 4.92. The molecule has 112 valence electrons. The second-order valence-electron chi connectivity index (χ2n) is 5.20. The largest absolute Gasteiger partial charge is 0.493 e. The number of terminal acetylenes is 1. The van der Waals surface area contributed by atoms with E-state index in [9.17, 15) is 9.90 Å². The van der Waals surface area contributed by atoms with Crippen LogP contribution in [0.5, 0.6) is 11.5 Å². The van der Waals surface area contributed by atoms with Crippen molar-refractivity contribution in [3.05, 3.63) is 23.8 Å². The third-order valence-corrected chi connectivity index (χ3v) is 3.65. The molecule has 1 aliphatic rings. The summed E-state index contributed by atoms with van der Waals surface area (Å²) in [4.78, 5) is 12.1. The summed E-state index contributed by atoms with van der Waals surface area (Å²) in [7, 11) is 1.50. The molecule has 0 bridgehead atoms. The minimum atomic E-state index is -0.198. The lowest BCUT2D eigenvalue weighted by atomic mass is 10.1. The molecule has 0 heterocycles. The summed E-state index contributed by atoms with van der Waals surface area (Å²) in [5, 5.41) is 12.1. The average molecular weight is 289 g/mol. The van der Waals surface area contributed by atoms with Crippen molar-refractivity contribution in [2.45, 2.75) is 12.8 Å². The second kappa shape index (κ2) is 6.51. The van der Waals surface area contributed by atoms with Crippen molar-refractivity contribution >= 4 is 5.91 Å². The number of hydrogen-bond acceptors (Lipinski definition) is 4. The van der Waals surface area contributed by atoms with Crippen LogP contribution in [0.2, 0.25) is 0 Å². The van der Waals surface area contributed by atoms with E-state index in [-0.39, 0.29) is 24.5 Å². The molecule has 0 aliphatic heterocycles. The topological polar surface area (TPSA) is 67.8 Å². The summed E-state index contributed by atoms with van der Waals surface area (Å²) in [5.41, 5.74) is 0.365. The molecule has 0 atom stereocenters. The van der Waals surface area contributed by atoms with Crippen molar-refractivity contribution in [1.29, 1.82) is 0 Å². The zero-order chi connectivity index (χ0) is 15.3. The molecule has 0 radical (unpaired) electrons. The Bertz CT molecular complexity index is 558. The second-order valence-corrected chi connectivity index (χ2v) is 5.20. The van der Waals surface area contributed by atoms with Gasteiger partial charge in [0.2, 0.25) is 0 Å². The SMILES string of the molecule is C#CCOc1ccc(C(=O)NCC2(CO)CC2)cc1OC. The van der Waals surface area contributed by atoms with Gasteiger partial charge in [-0.1, -0.05) is 5.92 Å². The summed E-state index contributed by atoms with van der Waals surface area (Å²) in [6.45, 7) is 0.733. The highest BCUT2D eigenvalue weighted by atomic mass is 16.5. The van der Waals surface area contributed by atoms with E-state index < -0.39 is 0 Å². The Morgan fingerprint density at radius 3 is 2.81 bits per heavy atom. The van der Waals surface area contributed by atoms with E-state index in [1.54, 1.807) is 18.2 Å². The Kier molecular flexibility index (Phi) is 4.71. The Labute approximate surface area is 124 Å². The van der Waals surface area contributed by atoms with E-state index in [4.69, 9.17) is 15.9 Å². The number of nitrogens with one attached hydrogen (secondary N) is 1. The molecule has 0 saturated heterocycles. The number of rotatable bonds is 7. The molecule has 0 aromatic heterocycles. The number of benzene rings is 1. The summed E-state index contributed by atoms with van der Waals surface area (Å²) < 4.78 is 10.5. The number of methoxy groups -OCH3 is 1. The van der Waals surface area contributed by atoms with Crippen molar-refractivity contribution in [2.24, 2.45) is 5.41 Å². The number of aliphatic hydroxyl groups is 1. The van der Waals surface area contributed by atoms with Crippen molar-refractivity contribution in [1.82, 2.24) is 5.32 Å². The predicted octanol–water partition coefficient (Wildman–Crippen LogP) is 1.21. The number of ether oxygens (including phenoxy) is 2. The van der Waals surface area contributed by atoms with Crippen LogP contribution in [0.15, 0.2) is 18.2 Å². The van der Waals surface area contributed by atoms with Crippen molar-refractivity contribution < 1.29 is 19.4 Å². The van der Waals surface area contributed by atoms with Gasteiger partial charge in [0.05, 0.1) is 13.7 Å². The van der Waals surface area contributed by atoms with Gasteiger partial charge in [-0.15, -0.1) is 6.42 Å².